The van der Waals surface area contributed by atoms with Gasteiger partial charge < -0.3 is 140 Å². The van der Waals surface area contributed by atoms with Crippen LogP contribution in [0.4, 0.5) is 23.5 Å². The second-order valence-electron chi connectivity index (χ2n) is 33.9. The SMILES string of the molecule is COP(O)(=S)OC1C[C@H](n2cnc3c(=O)[nH]c(N)nc32)O[C@@H]1COP(=O)(S)OC1C[C@H](n2cnc3c(=O)[nH]c(N)nc32)O[C@@H]1COP(O)(=S)OC1C[C@H](n2cc(C)c(=O)[nH]c2=O)O[C@@H]1COP(O)(=S)OC1C[C@H](n2cc(C)c(=O)[nH]c2=O)O[C@@H]1COP(O)(=S)OC1C[C@H](n2cc(C)c(N)nc2=O)O[C@@H]1COP(O)(=S)OC1C[C@H](n2cc(C)c(=O)[nH]c2=O)O[C@@H]1COP(O)(=S)OC1C[C@H](n2cc(C)c(N)nc2=O)O[C@@H]1C. The molecule has 16 heterocycles. The van der Waals surface area contributed by atoms with Crippen molar-refractivity contribution in [2.24, 2.45) is 0 Å². The molecule has 0 bridgehead atoms. The number of aromatic nitrogens is 18. The molecule has 60 nitrogen and oxygen atoms in total. The van der Waals surface area contributed by atoms with Crippen molar-refractivity contribution in [1.29, 1.82) is 0 Å². The first-order valence-electron chi connectivity index (χ1n) is 43.2. The van der Waals surface area contributed by atoms with Gasteiger partial charge in [0.2, 0.25) is 11.9 Å². The normalized spacial score (nSPS) is 29.5. The Morgan fingerprint density at radius 1 is 0.359 bits per heavy atom. The molecule has 19 N–H and O–H groups in total. The number of rotatable bonds is 40. The maximum atomic E-state index is 14.7. The van der Waals surface area contributed by atoms with Gasteiger partial charge in [0.1, 0.15) is 98.0 Å². The molecule has 0 aromatic carbocycles. The summed E-state index contributed by atoms with van der Waals surface area (Å²) >= 11 is 37.5. The number of nitrogens with one attached hydrogen (secondary N) is 5. The van der Waals surface area contributed by atoms with Crippen LogP contribution in [0.15, 0.2) is 91.6 Å². The molecule has 9 aromatic heterocycles. The Morgan fingerprint density at radius 2 is 0.614 bits per heavy atom. The minimum absolute atomic E-state index is 0.00506. The number of ether oxygens (including phenoxy) is 7. The van der Waals surface area contributed by atoms with Gasteiger partial charge in [0.15, 0.2) is 22.3 Å². The van der Waals surface area contributed by atoms with Crippen molar-refractivity contribution in [3.63, 3.8) is 0 Å². The van der Waals surface area contributed by atoms with E-state index in [1.165, 1.54) is 72.6 Å². The van der Waals surface area contributed by atoms with Gasteiger partial charge in [0.05, 0.1) is 95.0 Å². The van der Waals surface area contributed by atoms with Gasteiger partial charge >= 0.3 is 75.6 Å². The zero-order chi connectivity index (χ0) is 105. The summed E-state index contributed by atoms with van der Waals surface area (Å²) in [7, 11) is 1.10. The number of fused-ring (bicyclic) bond motifs is 2. The Labute approximate surface area is 848 Å². The zero-order valence-corrected chi connectivity index (χ0v) is 88.3. The Kier molecular flexibility index (Phi) is 33.6. The van der Waals surface area contributed by atoms with E-state index in [-0.39, 0.29) is 94.7 Å². The third kappa shape index (κ3) is 26.2. The molecule has 0 radical (unpaired) electrons. The van der Waals surface area contributed by atoms with Crippen LogP contribution in [-0.4, -0.2) is 248 Å². The highest BCUT2D eigenvalue weighted by Gasteiger charge is 2.52. The van der Waals surface area contributed by atoms with Crippen LogP contribution in [-0.2, 0) is 172 Å². The highest BCUT2D eigenvalue weighted by Crippen LogP contribution is 2.60. The van der Waals surface area contributed by atoms with Crippen molar-refractivity contribution in [2.75, 3.05) is 69.7 Å². The number of thiol groups is 1. The first kappa shape index (κ1) is 111. The average molecular weight is 2310 g/mol. The van der Waals surface area contributed by atoms with Crippen LogP contribution in [0.25, 0.3) is 22.3 Å². The molecule has 794 valence electrons. The Hall–Kier alpha value is -6.90. The van der Waals surface area contributed by atoms with E-state index in [0.29, 0.717) is 11.1 Å². The number of nitrogen functional groups attached to an aromatic ring is 4. The summed E-state index contributed by atoms with van der Waals surface area (Å²) in [5.74, 6) is -0.706. The molecule has 0 spiro atoms. The van der Waals surface area contributed by atoms with Gasteiger partial charge in [-0.25, -0.2) is 38.5 Å². The predicted molar refractivity (Wildman–Crippen MR) is 526 cm³/mol. The van der Waals surface area contributed by atoms with Gasteiger partial charge in [-0.1, -0.05) is 12.2 Å². The van der Waals surface area contributed by atoms with E-state index < -0.39 is 285 Å². The lowest BCUT2D eigenvalue weighted by atomic mass is 10.2. The molecule has 7 aliphatic rings. The molecule has 7 fully saturated rings. The molecule has 9 aromatic rings. The van der Waals surface area contributed by atoms with Crippen LogP contribution in [0.2, 0.25) is 0 Å². The van der Waals surface area contributed by atoms with Crippen LogP contribution in [0.5, 0.6) is 0 Å². The molecule has 0 saturated carbocycles. The molecule has 74 heteroatoms. The zero-order valence-electron chi connectivity index (χ0n) is 76.3. The molecule has 14 unspecified atom stereocenters. The van der Waals surface area contributed by atoms with Crippen molar-refractivity contribution in [1.82, 2.24) is 86.8 Å². The number of nitrogens with zero attached hydrogens (tertiary/aromatic N) is 13. The van der Waals surface area contributed by atoms with E-state index in [4.69, 9.17) is 190 Å². The number of aryl methyl sites for hydroxylation is 5. The van der Waals surface area contributed by atoms with Gasteiger partial charge in [-0.05, 0) is 112 Å². The Balaban J connectivity index is 0.606. The number of nitrogens with two attached hydrogens (primary N) is 4. The maximum absolute atomic E-state index is 14.7. The molecule has 0 aliphatic carbocycles. The molecular formula is C71H95N22O38P7S7. The number of H-pyrrole nitrogens is 5. The van der Waals surface area contributed by atoms with Gasteiger partial charge in [-0.2, -0.15) is 19.9 Å². The summed E-state index contributed by atoms with van der Waals surface area (Å²) in [5.41, 5.74) is 15.9. The lowest BCUT2D eigenvalue weighted by molar-refractivity contribution is -0.0577. The Morgan fingerprint density at radius 3 is 0.924 bits per heavy atom. The first-order valence-corrected chi connectivity index (χ1v) is 61.5. The van der Waals surface area contributed by atoms with E-state index in [2.05, 4.69) is 67.1 Å². The monoisotopic (exact) mass is 2300 g/mol. The minimum Gasteiger partial charge on any atom is -0.383 e. The topological polar surface area (TPSA) is 798 Å². The van der Waals surface area contributed by atoms with E-state index in [0.717, 1.165) is 37.8 Å². The molecule has 145 heavy (non-hydrogen) atoms. The second-order valence-corrected chi connectivity index (χ2v) is 53.7. The molecule has 16 rings (SSSR count). The van der Waals surface area contributed by atoms with Gasteiger partial charge in [-0.15, -0.1) is 0 Å². The lowest BCUT2D eigenvalue weighted by Gasteiger charge is -2.28. The van der Waals surface area contributed by atoms with Crippen LogP contribution in [0.3, 0.4) is 0 Å². The summed E-state index contributed by atoms with van der Waals surface area (Å²) in [5, 5.41) is 0. The number of hydrogen-bond acceptors (Lipinski definition) is 48. The minimum atomic E-state index is -4.81. The highest BCUT2D eigenvalue weighted by molar-refractivity contribution is 8.44. The van der Waals surface area contributed by atoms with Crippen LogP contribution >= 0.6 is 59.4 Å². The summed E-state index contributed by atoms with van der Waals surface area (Å²) in [6.07, 6.45) is -21.3. The van der Waals surface area contributed by atoms with Crippen molar-refractivity contribution >= 4 is 176 Å². The maximum Gasteiger partial charge on any atom is 0.386 e. The van der Waals surface area contributed by atoms with Crippen molar-refractivity contribution in [2.45, 2.75) is 216 Å². The summed E-state index contributed by atoms with van der Waals surface area (Å²) in [6.45, 7) is -27.8. The van der Waals surface area contributed by atoms with Gasteiger partial charge in [0, 0.05) is 111 Å². The fraction of sp³-hybridized carbons (Fsp3) is 0.577. The van der Waals surface area contributed by atoms with Crippen LogP contribution in [0.1, 0.15) is 123 Å². The number of imidazole rings is 2. The lowest BCUT2D eigenvalue weighted by Crippen LogP contribution is -2.33. The number of anilines is 4. The fourth-order valence-corrected chi connectivity index (χ4v) is 26.5. The van der Waals surface area contributed by atoms with E-state index >= 15 is 0 Å². The molecular weight excluding hydrogens is 2210 g/mol. The largest absolute Gasteiger partial charge is 0.386 e. The van der Waals surface area contributed by atoms with Gasteiger partial charge in [0.25, 0.3) is 27.8 Å². The van der Waals surface area contributed by atoms with E-state index in [1.807, 2.05) is 0 Å². The fourth-order valence-electron chi connectivity index (χ4n) is 16.6. The predicted octanol–water partition coefficient (Wildman–Crippen LogP) is 0.102. The quantitative estimate of drug-likeness (QED) is 0.0179. The van der Waals surface area contributed by atoms with Crippen LogP contribution < -0.4 is 79.2 Å². The third-order valence-corrected chi connectivity index (χ3v) is 35.1. The van der Waals surface area contributed by atoms with E-state index in [9.17, 15) is 81.9 Å². The van der Waals surface area contributed by atoms with Crippen molar-refractivity contribution in [3.8, 4) is 0 Å². The summed E-state index contributed by atoms with van der Waals surface area (Å²) in [6, 6.07) is 0. The molecule has 7 saturated heterocycles. The first-order chi connectivity index (χ1) is 68.0. The second kappa shape index (κ2) is 44.1. The van der Waals surface area contributed by atoms with Crippen LogP contribution in [0, 0.1) is 34.6 Å². The Bertz CT molecular complexity index is 7500. The molecule has 0 amide bonds. The average Bonchev–Trinajstić information content (AvgIpc) is 1.62. The summed E-state index contributed by atoms with van der Waals surface area (Å²) in [4.78, 5) is 238. The molecule has 7 aliphatic heterocycles. The van der Waals surface area contributed by atoms with Crippen molar-refractivity contribution in [3.05, 3.63) is 176 Å². The summed E-state index contributed by atoms with van der Waals surface area (Å²) < 4.78 is 149. The number of hydrogen-bond donors (Lipinski definition) is 16. The smallest absolute Gasteiger partial charge is 0.383 e. The van der Waals surface area contributed by atoms with Gasteiger partial charge in [-0.3, -0.25) is 89.9 Å². The number of aromatic amines is 5. The van der Waals surface area contributed by atoms with E-state index in [1.54, 1.807) is 13.8 Å². The van der Waals surface area contributed by atoms with Crippen molar-refractivity contribution < 1.29 is 130 Å². The third-order valence-electron chi connectivity index (χ3n) is 23.8. The highest BCUT2D eigenvalue weighted by atomic mass is 32.7. The molecule has 28 atom stereocenters. The standard InChI is InChI=1S/C71H95N22O38P7S7/c1-28-15-87(67(99)78-56(28)72)47-8-34(33(6)118-47)125-133(105,140)112-21-42-37(10-49(120-42)89-17-30(3)60(94)84-69(89)101)128-135(107,142)114-22-43-36(9-48(119-43)88-16-29(2)57(73)79-68(88)100)127-134(106,141)115-23-44-38(11-50(121-44)90-18-31(4)61(95)85-70(90)102)129-136(108,143)116-24-45-39(12-51(122-45)91-19-32(5)62(96)86-71(91)103)130-137(109,144)117-25-46-40(14-53(124-46)93-27-77-55-59(93)81-66(75)83-64(55)98)131-138(110,145)113-20-41-35(126-132(104,139)111-7)13-52(123-41)92-26-76-54-58(92)80-65(74)82-63(54)97/h15-19,26-27,33-53H,8-14,20-25H2,1-7H3,(H,104,139)(H,105,140)(H,106,141)(H,107,142)(H,108,143)(H,109,144)(H,110,145)(H2,72,78,99)(H2,73,79,100)(H,84,94,101)(H,85,95,102)(H,86,96,103)(H3,74,80,82,97)(H3,75,81,83,98)/t33-,34?,35?,36?,37?,38?,39?,40?,41-,42-,43-,44-,45-,46-,47-,48-,49-,50-,51-,52-,53-,132?,133?,134?,135?,136?,137?,138?/m1/s1.